The third kappa shape index (κ3) is 4.33. The van der Waals surface area contributed by atoms with Crippen molar-refractivity contribution in [1.29, 1.82) is 0 Å². The summed E-state index contributed by atoms with van der Waals surface area (Å²) in [5.74, 6) is 0.880. The van der Waals surface area contributed by atoms with E-state index in [9.17, 15) is 9.59 Å². The van der Waals surface area contributed by atoms with Crippen molar-refractivity contribution < 1.29 is 14.3 Å². The van der Waals surface area contributed by atoms with Gasteiger partial charge >= 0.3 is 0 Å². The Balaban J connectivity index is 1.62. The number of rotatable bonds is 6. The molecule has 25 heavy (non-hydrogen) atoms. The lowest BCUT2D eigenvalue weighted by atomic mass is 9.94. The first-order chi connectivity index (χ1) is 12.2. The maximum atomic E-state index is 12.9. The van der Waals surface area contributed by atoms with Crippen molar-refractivity contribution >= 4 is 11.8 Å². The van der Waals surface area contributed by atoms with Gasteiger partial charge in [-0.1, -0.05) is 37.5 Å². The van der Waals surface area contributed by atoms with E-state index in [1.54, 1.807) is 7.05 Å². The number of likely N-dealkylation sites (tertiary alicyclic amines) is 1. The summed E-state index contributed by atoms with van der Waals surface area (Å²) < 4.78 is 5.64. The van der Waals surface area contributed by atoms with Crippen LogP contribution in [0.25, 0.3) is 0 Å². The monoisotopic (exact) mass is 344 g/mol. The number of nitrogens with one attached hydrogen (secondary N) is 1. The minimum Gasteiger partial charge on any atom is -0.483 e. The fraction of sp³-hybridized carbons (Fsp3) is 0.600. The molecule has 0 spiro atoms. The Morgan fingerprint density at radius 2 is 1.96 bits per heavy atom. The predicted octanol–water partition coefficient (Wildman–Crippen LogP) is 2.54. The van der Waals surface area contributed by atoms with Crippen LogP contribution >= 0.6 is 0 Å². The molecule has 1 N–H and O–H groups in total. The van der Waals surface area contributed by atoms with Crippen LogP contribution in [0, 0.1) is 5.92 Å². The molecule has 3 rings (SSSR count). The first-order valence-electron chi connectivity index (χ1n) is 9.41. The van der Waals surface area contributed by atoms with E-state index >= 15 is 0 Å². The molecule has 0 bridgehead atoms. The van der Waals surface area contributed by atoms with Gasteiger partial charge in [0.2, 0.25) is 5.91 Å². The lowest BCUT2D eigenvalue weighted by Gasteiger charge is -2.31. The molecule has 2 aliphatic rings. The first-order valence-corrected chi connectivity index (χ1v) is 9.41. The van der Waals surface area contributed by atoms with Crippen molar-refractivity contribution in [2.75, 3.05) is 20.2 Å². The summed E-state index contributed by atoms with van der Waals surface area (Å²) in [6, 6.07) is 8.17. The van der Waals surface area contributed by atoms with Crippen LogP contribution in [-0.4, -0.2) is 43.0 Å². The van der Waals surface area contributed by atoms with Crippen LogP contribution in [0.3, 0.4) is 0 Å². The number of ether oxygens (including phenoxy) is 1. The Hall–Kier alpha value is -2.04. The molecular weight excluding hydrogens is 316 g/mol. The Bertz CT molecular complexity index is 611. The zero-order valence-electron chi connectivity index (χ0n) is 15.0. The molecule has 5 nitrogen and oxygen atoms in total. The van der Waals surface area contributed by atoms with Gasteiger partial charge in [-0.15, -0.1) is 0 Å². The molecule has 1 unspecified atom stereocenters. The van der Waals surface area contributed by atoms with Crippen LogP contribution in [0.4, 0.5) is 0 Å². The van der Waals surface area contributed by atoms with E-state index in [1.807, 2.05) is 24.3 Å². The highest BCUT2D eigenvalue weighted by atomic mass is 16.5. The highest BCUT2D eigenvalue weighted by molar-refractivity contribution is 5.81. The van der Waals surface area contributed by atoms with Gasteiger partial charge in [0.05, 0.1) is 0 Å². The van der Waals surface area contributed by atoms with Gasteiger partial charge in [-0.25, -0.2) is 0 Å². The molecule has 0 radical (unpaired) electrons. The van der Waals surface area contributed by atoms with Crippen LogP contribution in [-0.2, 0) is 16.0 Å². The van der Waals surface area contributed by atoms with E-state index in [0.717, 1.165) is 31.4 Å². The lowest BCUT2D eigenvalue weighted by Crippen LogP contribution is -2.39. The number of likely N-dealkylation sites (N-methyl/N-ethyl adjacent to an activating group) is 1. The normalized spacial score (nSPS) is 21.4. The second kappa shape index (κ2) is 8.37. The zero-order valence-corrected chi connectivity index (χ0v) is 15.0. The molecule has 1 saturated heterocycles. The zero-order chi connectivity index (χ0) is 17.6. The van der Waals surface area contributed by atoms with Crippen LogP contribution < -0.4 is 10.1 Å². The van der Waals surface area contributed by atoms with Gasteiger partial charge in [-0.3, -0.25) is 9.59 Å². The summed E-state index contributed by atoms with van der Waals surface area (Å²) in [4.78, 5) is 26.4. The summed E-state index contributed by atoms with van der Waals surface area (Å²) in [5.41, 5.74) is 1.01. The molecule has 1 aliphatic carbocycles. The fourth-order valence-electron chi connectivity index (χ4n) is 4.00. The van der Waals surface area contributed by atoms with E-state index in [4.69, 9.17) is 4.74 Å². The number of carbonyl (C=O) groups is 2. The molecule has 5 heteroatoms. The molecule has 1 atom stereocenters. The average molecular weight is 344 g/mol. The summed E-state index contributed by atoms with van der Waals surface area (Å²) in [6.45, 7) is 0.885. The molecule has 1 aliphatic heterocycles. The predicted molar refractivity (Wildman–Crippen MR) is 96.4 cm³/mol. The van der Waals surface area contributed by atoms with Crippen molar-refractivity contribution in [2.45, 2.75) is 51.0 Å². The van der Waals surface area contributed by atoms with E-state index in [2.05, 4.69) is 10.2 Å². The Kier molecular flexibility index (Phi) is 5.95. The third-order valence-corrected chi connectivity index (χ3v) is 5.44. The number of benzene rings is 1. The van der Waals surface area contributed by atoms with Crippen LogP contribution in [0.15, 0.2) is 24.3 Å². The second-order valence-corrected chi connectivity index (χ2v) is 7.08. The van der Waals surface area contributed by atoms with E-state index < -0.39 is 0 Å². The maximum absolute atomic E-state index is 12.9. The van der Waals surface area contributed by atoms with Crippen LogP contribution in [0.2, 0.25) is 0 Å². The number of hydrogen-bond donors (Lipinski definition) is 1. The van der Waals surface area contributed by atoms with E-state index in [0.29, 0.717) is 24.1 Å². The highest BCUT2D eigenvalue weighted by Gasteiger charge is 2.36. The minimum atomic E-state index is -0.157. The lowest BCUT2D eigenvalue weighted by molar-refractivity contribution is -0.133. The van der Waals surface area contributed by atoms with Gasteiger partial charge in [0, 0.05) is 25.6 Å². The van der Waals surface area contributed by atoms with Gasteiger partial charge in [0.1, 0.15) is 5.75 Å². The molecule has 1 aromatic rings. The number of nitrogens with zero attached hydrogens (tertiary/aromatic N) is 1. The Labute approximate surface area is 149 Å². The Morgan fingerprint density at radius 1 is 1.20 bits per heavy atom. The van der Waals surface area contributed by atoms with Crippen LogP contribution in [0.1, 0.15) is 44.1 Å². The van der Waals surface area contributed by atoms with Crippen molar-refractivity contribution in [3.8, 4) is 5.75 Å². The molecule has 2 amide bonds. The molecule has 0 aromatic heterocycles. The van der Waals surface area contributed by atoms with Crippen molar-refractivity contribution in [3.63, 3.8) is 0 Å². The fourth-order valence-corrected chi connectivity index (χ4v) is 4.00. The van der Waals surface area contributed by atoms with E-state index in [1.165, 1.54) is 19.3 Å². The molecule has 2 fully saturated rings. The molecule has 1 saturated carbocycles. The van der Waals surface area contributed by atoms with Gasteiger partial charge in [-0.05, 0) is 37.3 Å². The molecule has 1 heterocycles. The summed E-state index contributed by atoms with van der Waals surface area (Å²) >= 11 is 0. The van der Waals surface area contributed by atoms with Gasteiger partial charge in [0.15, 0.2) is 6.61 Å². The number of carbonyl (C=O) groups excluding carboxylic acids is 2. The minimum absolute atomic E-state index is 0.000323. The van der Waals surface area contributed by atoms with Gasteiger partial charge < -0.3 is 15.0 Å². The van der Waals surface area contributed by atoms with Crippen molar-refractivity contribution in [3.05, 3.63) is 29.8 Å². The second-order valence-electron chi connectivity index (χ2n) is 7.08. The number of amides is 2. The topological polar surface area (TPSA) is 58.6 Å². The molecule has 1 aromatic carbocycles. The van der Waals surface area contributed by atoms with Crippen molar-refractivity contribution in [1.82, 2.24) is 10.2 Å². The smallest absolute Gasteiger partial charge is 0.257 e. The third-order valence-electron chi connectivity index (χ3n) is 5.44. The quantitative estimate of drug-likeness (QED) is 0.863. The SMILES string of the molecule is CNC(=O)COc1ccccc1CC1CCN(C2CCCCC2)C1=O. The van der Waals surface area contributed by atoms with E-state index in [-0.39, 0.29) is 18.4 Å². The summed E-state index contributed by atoms with van der Waals surface area (Å²) in [6.07, 6.45) is 7.71. The number of hydrogen-bond acceptors (Lipinski definition) is 3. The molecule has 136 valence electrons. The molecular formula is C20H28N2O3. The largest absolute Gasteiger partial charge is 0.483 e. The summed E-state index contributed by atoms with van der Waals surface area (Å²) in [5, 5.41) is 2.55. The average Bonchev–Trinajstić information content (AvgIpc) is 3.02. The van der Waals surface area contributed by atoms with Crippen LogP contribution in [0.5, 0.6) is 5.75 Å². The Morgan fingerprint density at radius 3 is 2.72 bits per heavy atom. The number of para-hydroxylation sites is 1. The maximum Gasteiger partial charge on any atom is 0.257 e. The van der Waals surface area contributed by atoms with Crippen molar-refractivity contribution in [2.24, 2.45) is 5.92 Å². The van der Waals surface area contributed by atoms with Gasteiger partial charge in [-0.2, -0.15) is 0 Å². The first kappa shape index (κ1) is 17.8. The standard InChI is InChI=1S/C20H28N2O3/c1-21-19(23)14-25-18-10-6-5-7-15(18)13-16-11-12-22(20(16)24)17-8-3-2-4-9-17/h5-7,10,16-17H,2-4,8-9,11-14H2,1H3,(H,21,23). The summed E-state index contributed by atoms with van der Waals surface area (Å²) in [7, 11) is 1.59. The van der Waals surface area contributed by atoms with Gasteiger partial charge in [0.25, 0.3) is 5.91 Å². The highest BCUT2D eigenvalue weighted by Crippen LogP contribution is 2.32.